The van der Waals surface area contributed by atoms with Crippen LogP contribution in [-0.2, 0) is 11.2 Å². The zero-order chi connectivity index (χ0) is 13.2. The molecule has 0 unspecified atom stereocenters. The van der Waals surface area contributed by atoms with E-state index in [4.69, 9.17) is 10.6 Å². The van der Waals surface area contributed by atoms with Crippen LogP contribution in [-0.4, -0.2) is 29.7 Å². The van der Waals surface area contributed by atoms with Crippen molar-refractivity contribution in [2.24, 2.45) is 5.84 Å². The van der Waals surface area contributed by atoms with Gasteiger partial charge in [-0.3, -0.25) is 0 Å². The van der Waals surface area contributed by atoms with Gasteiger partial charge in [-0.15, -0.1) is 0 Å². The zero-order valence-corrected chi connectivity index (χ0v) is 11.2. The second-order valence-electron chi connectivity index (χ2n) is 3.94. The lowest BCUT2D eigenvalue weighted by atomic mass is 10.2. The topological polar surface area (TPSA) is 85.1 Å². The number of aromatic nitrogens is 2. The molecule has 102 valence electrons. The second kappa shape index (κ2) is 8.66. The van der Waals surface area contributed by atoms with Crippen LogP contribution in [0.25, 0.3) is 0 Å². The van der Waals surface area contributed by atoms with Gasteiger partial charge in [-0.1, -0.05) is 20.3 Å². The van der Waals surface area contributed by atoms with Crippen molar-refractivity contribution in [1.29, 1.82) is 0 Å². The van der Waals surface area contributed by atoms with Gasteiger partial charge in [-0.05, 0) is 12.8 Å². The molecular formula is C12H23N5O. The zero-order valence-electron chi connectivity index (χ0n) is 11.2. The Bertz CT molecular complexity index is 345. The fourth-order valence-corrected chi connectivity index (χ4v) is 1.61. The number of ether oxygens (including phenoxy) is 1. The van der Waals surface area contributed by atoms with E-state index in [-0.39, 0.29) is 0 Å². The van der Waals surface area contributed by atoms with Crippen LogP contribution in [0.15, 0.2) is 6.33 Å². The largest absolute Gasteiger partial charge is 0.380 e. The van der Waals surface area contributed by atoms with E-state index in [9.17, 15) is 0 Å². The van der Waals surface area contributed by atoms with E-state index in [0.717, 1.165) is 43.8 Å². The van der Waals surface area contributed by atoms with Gasteiger partial charge < -0.3 is 15.5 Å². The van der Waals surface area contributed by atoms with Crippen molar-refractivity contribution in [2.75, 3.05) is 30.5 Å². The maximum atomic E-state index is 5.48. The Hall–Kier alpha value is -1.40. The first-order valence-electron chi connectivity index (χ1n) is 6.45. The number of nitrogen functional groups attached to an aromatic ring is 1. The molecule has 1 aromatic rings. The summed E-state index contributed by atoms with van der Waals surface area (Å²) in [5, 5.41) is 3.24. The van der Waals surface area contributed by atoms with Gasteiger partial charge in [0.15, 0.2) is 0 Å². The number of unbranched alkanes of at least 4 members (excludes halogenated alkanes) is 1. The highest BCUT2D eigenvalue weighted by Gasteiger charge is 2.07. The van der Waals surface area contributed by atoms with Crippen molar-refractivity contribution >= 4 is 11.6 Å². The van der Waals surface area contributed by atoms with Crippen LogP contribution in [0, 0.1) is 0 Å². The second-order valence-corrected chi connectivity index (χ2v) is 3.94. The molecule has 0 saturated heterocycles. The number of nitrogens with zero attached hydrogens (tertiary/aromatic N) is 2. The Balaban J connectivity index is 2.41. The van der Waals surface area contributed by atoms with Crippen LogP contribution in [0.4, 0.5) is 11.6 Å². The quantitative estimate of drug-likeness (QED) is 0.352. The molecule has 0 fully saturated rings. The molecular weight excluding hydrogens is 230 g/mol. The summed E-state index contributed by atoms with van der Waals surface area (Å²) in [6, 6.07) is 0. The van der Waals surface area contributed by atoms with E-state index in [0.29, 0.717) is 12.4 Å². The Morgan fingerprint density at radius 1 is 1.22 bits per heavy atom. The van der Waals surface area contributed by atoms with E-state index >= 15 is 0 Å². The first kappa shape index (κ1) is 14.7. The van der Waals surface area contributed by atoms with Gasteiger partial charge >= 0.3 is 0 Å². The van der Waals surface area contributed by atoms with E-state index in [2.05, 4.69) is 27.6 Å². The van der Waals surface area contributed by atoms with E-state index < -0.39 is 0 Å². The molecule has 0 radical (unpaired) electrons. The number of rotatable bonds is 9. The minimum atomic E-state index is 0.668. The normalized spacial score (nSPS) is 10.4. The highest BCUT2D eigenvalue weighted by atomic mass is 16.5. The molecule has 0 aliphatic heterocycles. The third-order valence-corrected chi connectivity index (χ3v) is 2.62. The monoisotopic (exact) mass is 253 g/mol. The van der Waals surface area contributed by atoms with Gasteiger partial charge in [-0.25, -0.2) is 15.8 Å². The van der Waals surface area contributed by atoms with Gasteiger partial charge in [0.25, 0.3) is 0 Å². The molecule has 0 atom stereocenters. The molecule has 0 bridgehead atoms. The van der Waals surface area contributed by atoms with Crippen molar-refractivity contribution < 1.29 is 4.74 Å². The van der Waals surface area contributed by atoms with E-state index in [1.54, 1.807) is 0 Å². The summed E-state index contributed by atoms with van der Waals surface area (Å²) < 4.78 is 5.48. The molecule has 1 heterocycles. The molecule has 1 rings (SSSR count). The van der Waals surface area contributed by atoms with Crippen LogP contribution in [0.2, 0.25) is 0 Å². The number of nitrogens with one attached hydrogen (secondary N) is 2. The molecule has 1 aromatic heterocycles. The summed E-state index contributed by atoms with van der Waals surface area (Å²) in [4.78, 5) is 8.30. The average molecular weight is 253 g/mol. The summed E-state index contributed by atoms with van der Waals surface area (Å²) in [6.07, 6.45) is 4.58. The minimum Gasteiger partial charge on any atom is -0.380 e. The number of hydrazine groups is 1. The van der Waals surface area contributed by atoms with Crippen molar-refractivity contribution in [3.05, 3.63) is 11.9 Å². The van der Waals surface area contributed by atoms with Crippen LogP contribution >= 0.6 is 0 Å². The molecule has 0 aliphatic rings. The Morgan fingerprint density at radius 2 is 2.00 bits per heavy atom. The molecule has 0 aromatic carbocycles. The van der Waals surface area contributed by atoms with Gasteiger partial charge in [0, 0.05) is 18.7 Å². The van der Waals surface area contributed by atoms with Crippen molar-refractivity contribution in [1.82, 2.24) is 9.97 Å². The van der Waals surface area contributed by atoms with Gasteiger partial charge in [0.1, 0.15) is 18.0 Å². The fourth-order valence-electron chi connectivity index (χ4n) is 1.61. The van der Waals surface area contributed by atoms with Crippen molar-refractivity contribution in [3.8, 4) is 0 Å². The molecule has 0 spiro atoms. The van der Waals surface area contributed by atoms with Gasteiger partial charge in [-0.2, -0.15) is 0 Å². The molecule has 6 heteroatoms. The highest BCUT2D eigenvalue weighted by molar-refractivity contribution is 5.56. The number of hydrogen-bond donors (Lipinski definition) is 3. The summed E-state index contributed by atoms with van der Waals surface area (Å²) in [7, 11) is 0. The van der Waals surface area contributed by atoms with Crippen LogP contribution in [0.1, 0.15) is 32.3 Å². The highest BCUT2D eigenvalue weighted by Crippen LogP contribution is 2.18. The van der Waals surface area contributed by atoms with Crippen LogP contribution < -0.4 is 16.6 Å². The summed E-state index contributed by atoms with van der Waals surface area (Å²) in [6.45, 7) is 6.42. The lowest BCUT2D eigenvalue weighted by molar-refractivity contribution is 0.141. The van der Waals surface area contributed by atoms with E-state index in [1.807, 2.05) is 6.92 Å². The smallest absolute Gasteiger partial charge is 0.148 e. The summed E-state index contributed by atoms with van der Waals surface area (Å²) in [5.74, 6) is 6.90. The Morgan fingerprint density at radius 3 is 2.67 bits per heavy atom. The SMILES string of the molecule is CCCCOCCNc1ncnc(NN)c1CC. The Labute approximate surface area is 108 Å². The molecule has 6 nitrogen and oxygen atoms in total. The third-order valence-electron chi connectivity index (χ3n) is 2.62. The molecule has 18 heavy (non-hydrogen) atoms. The van der Waals surface area contributed by atoms with Gasteiger partial charge in [0.05, 0.1) is 6.61 Å². The lowest BCUT2D eigenvalue weighted by Gasteiger charge is -2.12. The first-order chi connectivity index (χ1) is 8.83. The maximum Gasteiger partial charge on any atom is 0.148 e. The average Bonchev–Trinajstić information content (AvgIpc) is 2.42. The van der Waals surface area contributed by atoms with Crippen LogP contribution in [0.5, 0.6) is 0 Å². The predicted octanol–water partition coefficient (Wildman–Crippen LogP) is 1.55. The third kappa shape index (κ3) is 4.46. The Kier molecular flexibility index (Phi) is 7.05. The molecule has 4 N–H and O–H groups in total. The van der Waals surface area contributed by atoms with Crippen molar-refractivity contribution in [2.45, 2.75) is 33.1 Å². The lowest BCUT2D eigenvalue weighted by Crippen LogP contribution is -2.16. The van der Waals surface area contributed by atoms with Crippen molar-refractivity contribution in [3.63, 3.8) is 0 Å². The number of nitrogens with two attached hydrogens (primary N) is 1. The number of hydrogen-bond acceptors (Lipinski definition) is 6. The molecule has 0 amide bonds. The van der Waals surface area contributed by atoms with Gasteiger partial charge in [0.2, 0.25) is 0 Å². The first-order valence-corrected chi connectivity index (χ1v) is 6.45. The predicted molar refractivity (Wildman–Crippen MR) is 73.4 cm³/mol. The van der Waals surface area contributed by atoms with E-state index in [1.165, 1.54) is 6.33 Å². The maximum absolute atomic E-state index is 5.48. The number of anilines is 2. The summed E-state index contributed by atoms with van der Waals surface area (Å²) >= 11 is 0. The molecule has 0 aliphatic carbocycles. The summed E-state index contributed by atoms with van der Waals surface area (Å²) in [5.41, 5.74) is 3.58. The standard InChI is InChI=1S/C12H23N5O/c1-3-5-7-18-8-6-14-11-10(4-2)12(17-13)16-9-15-11/h9H,3-8,13H2,1-2H3,(H2,14,15,16,17). The minimum absolute atomic E-state index is 0.668. The fraction of sp³-hybridized carbons (Fsp3) is 0.667. The van der Waals surface area contributed by atoms with Crippen LogP contribution in [0.3, 0.4) is 0 Å². The molecule has 0 saturated carbocycles.